The number of hydrogen-bond donors (Lipinski definition) is 3. The molecule has 0 unspecified atom stereocenters. The summed E-state index contributed by atoms with van der Waals surface area (Å²) < 4.78 is 14.3. The first-order valence-electron chi connectivity index (χ1n) is 10.2. The summed E-state index contributed by atoms with van der Waals surface area (Å²) in [6.45, 7) is 1.90. The van der Waals surface area contributed by atoms with Crippen LogP contribution in [0.1, 0.15) is 12.8 Å². The van der Waals surface area contributed by atoms with E-state index in [2.05, 4.69) is 25.1 Å². The van der Waals surface area contributed by atoms with Crippen molar-refractivity contribution in [1.29, 1.82) is 0 Å². The summed E-state index contributed by atoms with van der Waals surface area (Å²) in [4.78, 5) is 22.7. The number of H-pyrrole nitrogens is 2. The molecule has 1 saturated heterocycles. The van der Waals surface area contributed by atoms with Crippen LogP contribution in [-0.4, -0.2) is 33.3 Å². The van der Waals surface area contributed by atoms with Gasteiger partial charge in [-0.2, -0.15) is 5.10 Å². The fourth-order valence-corrected chi connectivity index (χ4v) is 4.71. The number of nitrogen functional groups attached to an aromatic ring is 1. The molecule has 8 heteroatoms. The van der Waals surface area contributed by atoms with Crippen LogP contribution in [0.4, 0.5) is 15.8 Å². The normalized spacial score (nSPS) is 14.3. The van der Waals surface area contributed by atoms with Crippen LogP contribution in [0.5, 0.6) is 0 Å². The maximum Gasteiger partial charge on any atom is 0.272 e. The number of pyridine rings is 2. The molecule has 4 N–H and O–H groups in total. The minimum atomic E-state index is -0.406. The Hall–Kier alpha value is -3.94. The average molecular weight is 414 g/mol. The largest absolute Gasteiger partial charge is 0.394 e. The molecule has 7 nitrogen and oxygen atoms in total. The van der Waals surface area contributed by atoms with Crippen LogP contribution in [0.3, 0.4) is 0 Å². The van der Waals surface area contributed by atoms with Crippen molar-refractivity contribution in [3.05, 3.63) is 58.9 Å². The number of rotatable bonds is 2. The monoisotopic (exact) mass is 414 g/mol. The topological polar surface area (TPSA) is 104 Å². The predicted octanol–water partition coefficient (Wildman–Crippen LogP) is 3.94. The van der Waals surface area contributed by atoms with Crippen molar-refractivity contribution in [2.24, 2.45) is 0 Å². The summed E-state index contributed by atoms with van der Waals surface area (Å²) in [5, 5.41) is 8.93. The molecule has 4 heterocycles. The van der Waals surface area contributed by atoms with E-state index in [0.717, 1.165) is 47.9 Å². The highest BCUT2D eigenvalue weighted by Gasteiger charge is 2.22. The van der Waals surface area contributed by atoms with E-state index in [1.807, 2.05) is 18.2 Å². The Kier molecular flexibility index (Phi) is 3.77. The van der Waals surface area contributed by atoms with E-state index in [1.165, 1.54) is 6.07 Å². The highest BCUT2D eigenvalue weighted by molar-refractivity contribution is 6.17. The fraction of sp³-hybridized carbons (Fsp3) is 0.174. The molecule has 0 spiro atoms. The summed E-state index contributed by atoms with van der Waals surface area (Å²) in [7, 11) is 0. The quantitative estimate of drug-likeness (QED) is 0.380. The molecule has 5 aromatic rings. The molecular weight excluding hydrogens is 395 g/mol. The van der Waals surface area contributed by atoms with Crippen LogP contribution in [0.15, 0.2) is 47.5 Å². The zero-order valence-electron chi connectivity index (χ0n) is 16.6. The first kappa shape index (κ1) is 17.9. The molecule has 0 amide bonds. The third-order valence-electron chi connectivity index (χ3n) is 6.17. The van der Waals surface area contributed by atoms with Crippen molar-refractivity contribution in [1.82, 2.24) is 20.2 Å². The lowest BCUT2D eigenvalue weighted by atomic mass is 9.94. The molecule has 0 radical (unpaired) electrons. The smallest absolute Gasteiger partial charge is 0.272 e. The number of aromatic amines is 2. The van der Waals surface area contributed by atoms with Gasteiger partial charge in [0, 0.05) is 41.0 Å². The number of nitrogens with two attached hydrogens (primary N) is 1. The second kappa shape index (κ2) is 6.53. The third-order valence-corrected chi connectivity index (χ3v) is 6.17. The Morgan fingerprint density at radius 1 is 1.06 bits per heavy atom. The molecule has 2 aromatic carbocycles. The van der Waals surface area contributed by atoms with E-state index in [-0.39, 0.29) is 16.8 Å². The maximum absolute atomic E-state index is 14.3. The number of aromatic nitrogens is 4. The van der Waals surface area contributed by atoms with Gasteiger partial charge < -0.3 is 15.6 Å². The van der Waals surface area contributed by atoms with Gasteiger partial charge in [-0.1, -0.05) is 6.07 Å². The minimum Gasteiger partial charge on any atom is -0.394 e. The van der Waals surface area contributed by atoms with Gasteiger partial charge in [0.2, 0.25) is 0 Å². The van der Waals surface area contributed by atoms with Crippen molar-refractivity contribution in [3.8, 4) is 11.1 Å². The van der Waals surface area contributed by atoms with E-state index in [4.69, 9.17) is 5.73 Å². The van der Waals surface area contributed by atoms with Crippen LogP contribution in [0.2, 0.25) is 0 Å². The second-order valence-corrected chi connectivity index (χ2v) is 7.91. The summed E-state index contributed by atoms with van der Waals surface area (Å²) in [6.07, 6.45) is 5.57. The first-order valence-corrected chi connectivity index (χ1v) is 10.2. The number of fused-ring (bicyclic) bond motifs is 4. The van der Waals surface area contributed by atoms with Crippen molar-refractivity contribution in [2.45, 2.75) is 12.8 Å². The van der Waals surface area contributed by atoms with E-state index < -0.39 is 5.82 Å². The van der Waals surface area contributed by atoms with E-state index in [9.17, 15) is 9.18 Å². The number of hydrogen-bond acceptors (Lipinski definition) is 5. The molecule has 154 valence electrons. The molecule has 1 aliphatic heterocycles. The van der Waals surface area contributed by atoms with E-state index in [1.54, 1.807) is 18.5 Å². The molecule has 0 atom stereocenters. The molecular formula is C23H19FN6O. The highest BCUT2D eigenvalue weighted by Crippen LogP contribution is 2.41. The standard InChI is InChI=1S/C23H19FN6O/c24-16-6-5-12(15-11-27-29-21(15)16)18-14-10-17(30-8-1-2-9-30)22-13(4-3-7-26-22)20(14)28-23(31)19(18)25/h3-7,10-11H,1-2,8-9,25H2,(H,27,29)(H,28,31). The lowest BCUT2D eigenvalue weighted by Gasteiger charge is -2.21. The number of nitrogens with one attached hydrogen (secondary N) is 2. The summed E-state index contributed by atoms with van der Waals surface area (Å²) in [5.41, 5.74) is 10.1. The van der Waals surface area contributed by atoms with Gasteiger partial charge in [0.05, 0.1) is 22.9 Å². The zero-order chi connectivity index (χ0) is 21.1. The van der Waals surface area contributed by atoms with Crippen LogP contribution in [0, 0.1) is 5.82 Å². The second-order valence-electron chi connectivity index (χ2n) is 7.91. The van der Waals surface area contributed by atoms with Gasteiger partial charge >= 0.3 is 0 Å². The lowest BCUT2D eigenvalue weighted by molar-refractivity contribution is 0.636. The molecule has 0 aliphatic carbocycles. The first-order chi connectivity index (χ1) is 15.1. The predicted molar refractivity (Wildman–Crippen MR) is 121 cm³/mol. The van der Waals surface area contributed by atoms with Crippen LogP contribution >= 0.6 is 0 Å². The summed E-state index contributed by atoms with van der Waals surface area (Å²) in [5.74, 6) is -0.406. The van der Waals surface area contributed by atoms with Crippen molar-refractivity contribution in [3.63, 3.8) is 0 Å². The SMILES string of the molecule is Nc1c(-c2ccc(F)c3[nH]ncc23)c2cc(N3CCCC3)c3ncccc3c2[nH]c1=O. The molecule has 0 saturated carbocycles. The molecule has 31 heavy (non-hydrogen) atoms. The van der Waals surface area contributed by atoms with Gasteiger partial charge in [-0.3, -0.25) is 14.9 Å². The van der Waals surface area contributed by atoms with Gasteiger partial charge in [-0.15, -0.1) is 0 Å². The van der Waals surface area contributed by atoms with Crippen molar-refractivity contribution < 1.29 is 4.39 Å². The van der Waals surface area contributed by atoms with Gasteiger partial charge in [0.1, 0.15) is 17.0 Å². The van der Waals surface area contributed by atoms with Crippen molar-refractivity contribution in [2.75, 3.05) is 23.7 Å². The molecule has 6 rings (SSSR count). The number of nitrogens with zero attached hydrogens (tertiary/aromatic N) is 3. The summed E-state index contributed by atoms with van der Waals surface area (Å²) in [6, 6.07) is 8.88. The Bertz CT molecular complexity index is 1550. The maximum atomic E-state index is 14.3. The van der Waals surface area contributed by atoms with Gasteiger partial charge in [-0.25, -0.2) is 4.39 Å². The minimum absolute atomic E-state index is 0.0946. The number of benzene rings is 2. The average Bonchev–Trinajstić information content (AvgIpc) is 3.48. The van der Waals surface area contributed by atoms with Crippen LogP contribution in [0.25, 0.3) is 43.8 Å². The van der Waals surface area contributed by atoms with Crippen LogP contribution < -0.4 is 16.2 Å². The highest BCUT2D eigenvalue weighted by atomic mass is 19.1. The fourth-order valence-electron chi connectivity index (χ4n) is 4.71. The zero-order valence-corrected chi connectivity index (χ0v) is 16.6. The van der Waals surface area contributed by atoms with Gasteiger partial charge in [0.25, 0.3) is 5.56 Å². The summed E-state index contributed by atoms with van der Waals surface area (Å²) >= 11 is 0. The van der Waals surface area contributed by atoms with E-state index >= 15 is 0 Å². The Labute approximate surface area is 175 Å². The van der Waals surface area contributed by atoms with Gasteiger partial charge in [-0.05, 0) is 42.7 Å². The number of anilines is 2. The van der Waals surface area contributed by atoms with E-state index in [0.29, 0.717) is 22.0 Å². The lowest BCUT2D eigenvalue weighted by Crippen LogP contribution is -2.19. The number of halogens is 1. The molecule has 0 bridgehead atoms. The Morgan fingerprint density at radius 3 is 2.74 bits per heavy atom. The van der Waals surface area contributed by atoms with Gasteiger partial charge in [0.15, 0.2) is 0 Å². The van der Waals surface area contributed by atoms with Crippen LogP contribution in [-0.2, 0) is 0 Å². The Balaban J connectivity index is 1.80. The molecule has 3 aromatic heterocycles. The Morgan fingerprint density at radius 2 is 1.90 bits per heavy atom. The third kappa shape index (κ3) is 2.54. The van der Waals surface area contributed by atoms with Crippen molar-refractivity contribution >= 4 is 44.1 Å². The molecule has 1 aliphatic rings. The molecule has 1 fully saturated rings.